The molecule has 1 saturated carbocycles. The number of aryl methyl sites for hydroxylation is 1. The summed E-state index contributed by atoms with van der Waals surface area (Å²) in [5.41, 5.74) is 1.79. The Morgan fingerprint density at radius 1 is 1.00 bits per heavy atom. The molecule has 216 valence electrons. The first-order valence-electron chi connectivity index (χ1n) is 14.2. The molecule has 1 fully saturated rings. The van der Waals surface area contributed by atoms with Crippen LogP contribution in [0.5, 0.6) is 5.75 Å². The minimum Gasteiger partial charge on any atom is -0.478 e. The van der Waals surface area contributed by atoms with Gasteiger partial charge in [-0.25, -0.2) is 4.79 Å². The van der Waals surface area contributed by atoms with Crippen molar-refractivity contribution >= 4 is 11.9 Å². The molecule has 0 bridgehead atoms. The van der Waals surface area contributed by atoms with Gasteiger partial charge in [0.05, 0.1) is 0 Å². The van der Waals surface area contributed by atoms with Gasteiger partial charge in [-0.2, -0.15) is 9.97 Å². The van der Waals surface area contributed by atoms with E-state index in [1.165, 1.54) is 13.8 Å². The molecule has 0 unspecified atom stereocenters. The molecule has 4 aromatic rings. The van der Waals surface area contributed by atoms with Crippen LogP contribution in [0.3, 0.4) is 0 Å². The number of aromatic nitrogens is 4. The Morgan fingerprint density at radius 2 is 1.71 bits per heavy atom. The summed E-state index contributed by atoms with van der Waals surface area (Å²) in [5.74, 6) is 3.00. The van der Waals surface area contributed by atoms with E-state index in [1.54, 1.807) is 12.1 Å². The zero-order valence-corrected chi connectivity index (χ0v) is 24.0. The standard InChI is InChI=1S/C31H37N5O5/c1-20(2)5-16-26-32-30(35-40-26)36(18-17-21-8-14-25(15-9-21)39-31(3,4)29(37)38)19-22-6-10-23(11-7-22)27-33-28(41-34-27)24-12-13-24/h6-11,14-15,20,24H,5,12-13,16-19H2,1-4H3,(H,37,38). The number of benzene rings is 2. The molecule has 0 radical (unpaired) electrons. The van der Waals surface area contributed by atoms with Gasteiger partial charge in [0, 0.05) is 31.0 Å². The maximum atomic E-state index is 11.4. The predicted octanol–water partition coefficient (Wildman–Crippen LogP) is 6.08. The molecule has 1 N–H and O–H groups in total. The summed E-state index contributed by atoms with van der Waals surface area (Å²) in [6, 6.07) is 15.6. The van der Waals surface area contributed by atoms with Crippen molar-refractivity contribution in [2.24, 2.45) is 5.92 Å². The van der Waals surface area contributed by atoms with E-state index in [0.717, 1.165) is 54.7 Å². The minimum atomic E-state index is -1.30. The van der Waals surface area contributed by atoms with E-state index in [9.17, 15) is 9.90 Å². The molecule has 0 spiro atoms. The Kier molecular flexibility index (Phi) is 8.37. The normalized spacial score (nSPS) is 13.5. The van der Waals surface area contributed by atoms with Gasteiger partial charge in [-0.15, -0.1) is 0 Å². The number of anilines is 1. The van der Waals surface area contributed by atoms with Gasteiger partial charge in [0.25, 0.3) is 5.95 Å². The number of hydrogen-bond acceptors (Lipinski definition) is 9. The third kappa shape index (κ3) is 7.50. The number of nitrogens with zero attached hydrogens (tertiary/aromatic N) is 5. The number of carboxylic acid groups (broad SMARTS) is 1. The number of carbonyl (C=O) groups is 1. The Bertz CT molecular complexity index is 1440. The van der Waals surface area contributed by atoms with Crippen molar-refractivity contribution in [3.8, 4) is 17.1 Å². The van der Waals surface area contributed by atoms with E-state index in [1.807, 2.05) is 24.3 Å². The third-order valence-electron chi connectivity index (χ3n) is 7.11. The quantitative estimate of drug-likeness (QED) is 0.194. The maximum absolute atomic E-state index is 11.4. The largest absolute Gasteiger partial charge is 0.478 e. The van der Waals surface area contributed by atoms with E-state index < -0.39 is 11.6 Å². The van der Waals surface area contributed by atoms with Crippen LogP contribution in [0.1, 0.15) is 75.8 Å². The SMILES string of the molecule is CC(C)CCc1nc(N(CCc2ccc(OC(C)(C)C(=O)O)cc2)Cc2ccc(-c3noc(C4CC4)n3)cc2)no1. The Hall–Kier alpha value is -4.21. The van der Waals surface area contributed by atoms with Crippen molar-refractivity contribution in [1.82, 2.24) is 20.3 Å². The van der Waals surface area contributed by atoms with Crippen LogP contribution >= 0.6 is 0 Å². The lowest BCUT2D eigenvalue weighted by Crippen LogP contribution is -2.37. The average Bonchev–Trinajstić information content (AvgIpc) is 3.48. The van der Waals surface area contributed by atoms with E-state index in [2.05, 4.69) is 46.2 Å². The van der Waals surface area contributed by atoms with Crippen LogP contribution in [0, 0.1) is 5.92 Å². The fraction of sp³-hybridized carbons (Fsp3) is 0.452. The third-order valence-corrected chi connectivity index (χ3v) is 7.11. The molecule has 2 aromatic carbocycles. The van der Waals surface area contributed by atoms with Crippen LogP contribution in [-0.4, -0.2) is 43.5 Å². The van der Waals surface area contributed by atoms with Crippen LogP contribution in [0.15, 0.2) is 57.6 Å². The minimum absolute atomic E-state index is 0.421. The van der Waals surface area contributed by atoms with Crippen molar-refractivity contribution in [2.45, 2.75) is 77.9 Å². The monoisotopic (exact) mass is 559 g/mol. The zero-order valence-electron chi connectivity index (χ0n) is 24.0. The zero-order chi connectivity index (χ0) is 29.0. The summed E-state index contributed by atoms with van der Waals surface area (Å²) < 4.78 is 16.6. The highest BCUT2D eigenvalue weighted by atomic mass is 16.5. The summed E-state index contributed by atoms with van der Waals surface area (Å²) in [5, 5.41) is 17.8. The van der Waals surface area contributed by atoms with Gasteiger partial charge in [0.1, 0.15) is 5.75 Å². The van der Waals surface area contributed by atoms with Crippen LogP contribution in [-0.2, 0) is 24.2 Å². The van der Waals surface area contributed by atoms with Crippen molar-refractivity contribution in [3.05, 3.63) is 71.4 Å². The van der Waals surface area contributed by atoms with E-state index >= 15 is 0 Å². The van der Waals surface area contributed by atoms with Gasteiger partial charge >= 0.3 is 5.97 Å². The number of hydrogen-bond donors (Lipinski definition) is 1. The summed E-state index contributed by atoms with van der Waals surface area (Å²) in [7, 11) is 0. The first kappa shape index (κ1) is 28.3. The molecule has 2 aromatic heterocycles. The number of rotatable bonds is 14. The van der Waals surface area contributed by atoms with Crippen LogP contribution in [0.2, 0.25) is 0 Å². The number of carboxylic acids is 1. The molecule has 2 heterocycles. The fourth-order valence-electron chi connectivity index (χ4n) is 4.29. The second-order valence-electron chi connectivity index (χ2n) is 11.6. The van der Waals surface area contributed by atoms with Crippen molar-refractivity contribution in [2.75, 3.05) is 11.4 Å². The van der Waals surface area contributed by atoms with Crippen LogP contribution in [0.4, 0.5) is 5.95 Å². The molecule has 0 amide bonds. The number of aliphatic carboxylic acids is 1. The first-order valence-corrected chi connectivity index (χ1v) is 14.2. The lowest BCUT2D eigenvalue weighted by molar-refractivity contribution is -0.152. The second kappa shape index (κ2) is 12.1. The van der Waals surface area contributed by atoms with Crippen molar-refractivity contribution in [3.63, 3.8) is 0 Å². The highest BCUT2D eigenvalue weighted by molar-refractivity contribution is 5.76. The van der Waals surface area contributed by atoms with Crippen LogP contribution in [0.25, 0.3) is 11.4 Å². The van der Waals surface area contributed by atoms with E-state index in [-0.39, 0.29) is 0 Å². The van der Waals surface area contributed by atoms with E-state index in [4.69, 9.17) is 18.8 Å². The van der Waals surface area contributed by atoms with Gasteiger partial charge in [0.2, 0.25) is 17.6 Å². The molecular formula is C31H37N5O5. The summed E-state index contributed by atoms with van der Waals surface area (Å²) in [6.45, 7) is 8.66. The molecule has 0 aliphatic heterocycles. The Labute approximate surface area is 239 Å². The van der Waals surface area contributed by atoms with Gasteiger partial charge in [0.15, 0.2) is 5.60 Å². The first-order chi connectivity index (χ1) is 19.7. The average molecular weight is 560 g/mol. The highest BCUT2D eigenvalue weighted by Gasteiger charge is 2.30. The highest BCUT2D eigenvalue weighted by Crippen LogP contribution is 2.39. The molecule has 10 nitrogen and oxygen atoms in total. The van der Waals surface area contributed by atoms with E-state index in [0.29, 0.717) is 48.3 Å². The summed E-state index contributed by atoms with van der Waals surface area (Å²) in [4.78, 5) is 22.7. The molecule has 5 rings (SSSR count). The van der Waals surface area contributed by atoms with Gasteiger partial charge in [-0.1, -0.05) is 55.4 Å². The second-order valence-corrected chi connectivity index (χ2v) is 11.6. The molecule has 1 aliphatic rings. The van der Waals surface area contributed by atoms with Crippen molar-refractivity contribution < 1.29 is 23.7 Å². The molecule has 0 saturated heterocycles. The smallest absolute Gasteiger partial charge is 0.347 e. The molecule has 0 atom stereocenters. The van der Waals surface area contributed by atoms with Crippen LogP contribution < -0.4 is 9.64 Å². The fourth-order valence-corrected chi connectivity index (χ4v) is 4.29. The lowest BCUT2D eigenvalue weighted by Gasteiger charge is -2.22. The predicted molar refractivity (Wildman–Crippen MR) is 153 cm³/mol. The topological polar surface area (TPSA) is 128 Å². The molecule has 10 heteroatoms. The Morgan fingerprint density at radius 3 is 2.37 bits per heavy atom. The molecule has 1 aliphatic carbocycles. The summed E-state index contributed by atoms with van der Waals surface area (Å²) in [6.07, 6.45) is 4.69. The number of ether oxygens (including phenoxy) is 1. The Balaban J connectivity index is 1.27. The lowest BCUT2D eigenvalue weighted by atomic mass is 10.1. The molecule has 41 heavy (non-hydrogen) atoms. The van der Waals surface area contributed by atoms with Gasteiger partial charge in [-0.05, 0) is 73.9 Å². The summed E-state index contributed by atoms with van der Waals surface area (Å²) >= 11 is 0. The van der Waals surface area contributed by atoms with Crippen molar-refractivity contribution in [1.29, 1.82) is 0 Å². The van der Waals surface area contributed by atoms with Gasteiger partial charge < -0.3 is 23.8 Å². The van der Waals surface area contributed by atoms with Gasteiger partial charge in [-0.3, -0.25) is 0 Å². The maximum Gasteiger partial charge on any atom is 0.347 e. The molecular weight excluding hydrogens is 522 g/mol.